The summed E-state index contributed by atoms with van der Waals surface area (Å²) in [6, 6.07) is 81.1. The Bertz CT molecular complexity index is 3920. The molecule has 5 heteroatoms. The number of hydrogen-bond acceptors (Lipinski definition) is 5. The standard InChI is InChI=1S/C62H42N4S/c1-63-51-21-6-10-25-55(51)65(56-26-11-7-22-52(56)63)41-32-34-47-49(37-41)61(40-30-35-60-48(36-40)44-19-5-14-29-59(44)67-60)46-33-31-42(38-50(46)62(47)45-20-15-17-39-16-3-4-18-43(39)45)66-57-27-12-8-23-53(57)64(2)54-24-9-13-28-58(54)66/h3-38H,1-2H3. The van der Waals surface area contributed by atoms with Crippen molar-refractivity contribution in [3.05, 3.63) is 218 Å². The molecule has 2 aliphatic rings. The largest absolute Gasteiger partial charge is 0.341 e. The first-order valence-electron chi connectivity index (χ1n) is 23.0. The zero-order valence-corrected chi connectivity index (χ0v) is 37.8. The molecule has 0 saturated carbocycles. The Morgan fingerprint density at radius 1 is 0.299 bits per heavy atom. The second-order valence-corrected chi connectivity index (χ2v) is 18.9. The van der Waals surface area contributed by atoms with Crippen molar-refractivity contribution in [2.45, 2.75) is 0 Å². The Kier molecular flexibility index (Phi) is 8.25. The molecule has 0 atom stereocenters. The van der Waals surface area contributed by atoms with E-state index in [1.54, 1.807) is 0 Å². The second-order valence-electron chi connectivity index (χ2n) is 17.8. The maximum atomic E-state index is 2.47. The molecule has 4 nitrogen and oxygen atoms in total. The summed E-state index contributed by atoms with van der Waals surface area (Å²) in [5.74, 6) is 0. The van der Waals surface area contributed by atoms with Crippen LogP contribution in [0.1, 0.15) is 0 Å². The molecular weight excluding hydrogens is 833 g/mol. The van der Waals surface area contributed by atoms with Crippen LogP contribution in [-0.4, -0.2) is 14.1 Å². The van der Waals surface area contributed by atoms with E-state index >= 15 is 0 Å². The molecule has 0 radical (unpaired) electrons. The minimum absolute atomic E-state index is 1.12. The van der Waals surface area contributed by atoms with Crippen LogP contribution >= 0.6 is 11.3 Å². The Balaban J connectivity index is 1.12. The van der Waals surface area contributed by atoms with E-state index in [1.807, 2.05) is 11.3 Å². The SMILES string of the molecule is CN1c2ccccc2N(c2ccc3c(-c4cccc5ccccc45)c4cc(N5c6ccccc6N(C)c6ccccc65)ccc4c(-c4ccc5sc6ccccc6c5c4)c3c2)c2ccccc21. The highest BCUT2D eigenvalue weighted by atomic mass is 32.1. The molecule has 0 bridgehead atoms. The van der Waals surface area contributed by atoms with E-state index in [9.17, 15) is 0 Å². The lowest BCUT2D eigenvalue weighted by atomic mass is 9.84. The van der Waals surface area contributed by atoms with Crippen molar-refractivity contribution in [1.82, 2.24) is 0 Å². The third kappa shape index (κ3) is 5.59. The van der Waals surface area contributed by atoms with Gasteiger partial charge in [0.25, 0.3) is 0 Å². The normalized spacial score (nSPS) is 13.1. The first kappa shape index (κ1) is 37.9. The first-order valence-corrected chi connectivity index (χ1v) is 23.8. The number of hydrogen-bond donors (Lipinski definition) is 0. The summed E-state index contributed by atoms with van der Waals surface area (Å²) in [7, 11) is 4.35. The molecule has 0 N–H and O–H groups in total. The van der Waals surface area contributed by atoms with Crippen molar-refractivity contribution in [3.63, 3.8) is 0 Å². The van der Waals surface area contributed by atoms with Gasteiger partial charge in [0, 0.05) is 45.6 Å². The van der Waals surface area contributed by atoms with E-state index in [2.05, 4.69) is 252 Å². The average Bonchev–Trinajstić information content (AvgIpc) is 3.76. The Morgan fingerprint density at radius 2 is 0.746 bits per heavy atom. The Morgan fingerprint density at radius 3 is 1.33 bits per heavy atom. The van der Waals surface area contributed by atoms with Gasteiger partial charge in [0.1, 0.15) is 0 Å². The molecule has 0 fully saturated rings. The Hall–Kier alpha value is -8.38. The van der Waals surface area contributed by atoms with Gasteiger partial charge in [-0.25, -0.2) is 0 Å². The van der Waals surface area contributed by atoms with Crippen molar-refractivity contribution >= 4 is 121 Å². The average molecular weight is 875 g/mol. The molecule has 0 aliphatic carbocycles. The van der Waals surface area contributed by atoms with Gasteiger partial charge in [0.15, 0.2) is 0 Å². The van der Waals surface area contributed by atoms with Gasteiger partial charge in [-0.2, -0.15) is 0 Å². The quantitative estimate of drug-likeness (QED) is 0.163. The molecular formula is C62H42N4S. The predicted octanol–water partition coefficient (Wildman–Crippen LogP) is 18.0. The van der Waals surface area contributed by atoms with Crippen molar-refractivity contribution in [1.29, 1.82) is 0 Å². The van der Waals surface area contributed by atoms with Crippen LogP contribution in [0, 0.1) is 0 Å². The molecule has 12 aromatic rings. The van der Waals surface area contributed by atoms with Gasteiger partial charge in [0.2, 0.25) is 0 Å². The van der Waals surface area contributed by atoms with Gasteiger partial charge in [-0.3, -0.25) is 0 Å². The summed E-state index contributed by atoms with van der Waals surface area (Å²) in [5.41, 5.74) is 16.4. The lowest BCUT2D eigenvalue weighted by Crippen LogP contribution is -2.24. The van der Waals surface area contributed by atoms with Crippen LogP contribution in [0.15, 0.2) is 218 Å². The maximum absolute atomic E-state index is 2.47. The number of benzene rings is 11. The van der Waals surface area contributed by atoms with Gasteiger partial charge in [-0.05, 0) is 146 Å². The fourth-order valence-corrected chi connectivity index (χ4v) is 12.3. The van der Waals surface area contributed by atoms with E-state index < -0.39 is 0 Å². The fraction of sp³-hybridized carbons (Fsp3) is 0.0323. The lowest BCUT2D eigenvalue weighted by Gasteiger charge is -2.39. The van der Waals surface area contributed by atoms with E-state index in [1.165, 1.54) is 97.5 Å². The monoisotopic (exact) mass is 874 g/mol. The van der Waals surface area contributed by atoms with E-state index in [0.29, 0.717) is 0 Å². The van der Waals surface area contributed by atoms with Crippen molar-refractivity contribution in [2.24, 2.45) is 0 Å². The molecule has 1 aromatic heterocycles. The highest BCUT2D eigenvalue weighted by Gasteiger charge is 2.30. The lowest BCUT2D eigenvalue weighted by molar-refractivity contribution is 1.13. The molecule has 67 heavy (non-hydrogen) atoms. The molecule has 0 unspecified atom stereocenters. The number of fused-ring (bicyclic) bond motifs is 10. The van der Waals surface area contributed by atoms with Crippen LogP contribution in [-0.2, 0) is 0 Å². The summed E-state index contributed by atoms with van der Waals surface area (Å²) in [5, 5.41) is 9.89. The summed E-state index contributed by atoms with van der Waals surface area (Å²) < 4.78 is 2.61. The van der Waals surface area contributed by atoms with Crippen LogP contribution in [0.5, 0.6) is 0 Å². The third-order valence-electron chi connectivity index (χ3n) is 14.3. The number of thiophene rings is 1. The highest BCUT2D eigenvalue weighted by Crippen LogP contribution is 2.55. The smallest absolute Gasteiger partial charge is 0.0699 e. The molecule has 11 aromatic carbocycles. The maximum Gasteiger partial charge on any atom is 0.0699 e. The second kappa shape index (κ2) is 14.6. The molecule has 0 saturated heterocycles. The minimum Gasteiger partial charge on any atom is -0.341 e. The number of rotatable bonds is 4. The van der Waals surface area contributed by atoms with Crippen LogP contribution in [0.2, 0.25) is 0 Å². The van der Waals surface area contributed by atoms with Crippen molar-refractivity contribution in [3.8, 4) is 22.3 Å². The number of anilines is 10. The summed E-state index contributed by atoms with van der Waals surface area (Å²) in [6.07, 6.45) is 0. The Labute approximate surface area is 393 Å². The fourth-order valence-electron chi connectivity index (χ4n) is 11.2. The third-order valence-corrected chi connectivity index (χ3v) is 15.4. The van der Waals surface area contributed by atoms with Gasteiger partial charge in [0.05, 0.1) is 45.5 Å². The van der Waals surface area contributed by atoms with Gasteiger partial charge < -0.3 is 19.6 Å². The zero-order valence-electron chi connectivity index (χ0n) is 37.0. The van der Waals surface area contributed by atoms with Crippen molar-refractivity contribution < 1.29 is 0 Å². The van der Waals surface area contributed by atoms with Gasteiger partial charge in [-0.1, -0.05) is 127 Å². The van der Waals surface area contributed by atoms with E-state index in [4.69, 9.17) is 0 Å². The van der Waals surface area contributed by atoms with Gasteiger partial charge in [-0.15, -0.1) is 11.3 Å². The molecule has 3 heterocycles. The summed E-state index contributed by atoms with van der Waals surface area (Å²) >= 11 is 1.87. The van der Waals surface area contributed by atoms with Crippen LogP contribution in [0.4, 0.5) is 56.9 Å². The molecule has 14 rings (SSSR count). The summed E-state index contributed by atoms with van der Waals surface area (Å²) in [4.78, 5) is 9.54. The minimum atomic E-state index is 1.12. The van der Waals surface area contributed by atoms with Crippen LogP contribution in [0.25, 0.3) is 74.7 Å². The molecule has 0 spiro atoms. The topological polar surface area (TPSA) is 13.0 Å². The molecule has 2 aliphatic heterocycles. The number of para-hydroxylation sites is 8. The van der Waals surface area contributed by atoms with Crippen LogP contribution in [0.3, 0.4) is 0 Å². The molecule has 0 amide bonds. The van der Waals surface area contributed by atoms with Crippen molar-refractivity contribution in [2.75, 3.05) is 33.7 Å². The summed E-state index contributed by atoms with van der Waals surface area (Å²) in [6.45, 7) is 0. The highest BCUT2D eigenvalue weighted by molar-refractivity contribution is 7.25. The van der Waals surface area contributed by atoms with E-state index in [-0.39, 0.29) is 0 Å². The van der Waals surface area contributed by atoms with Crippen LogP contribution < -0.4 is 19.6 Å². The van der Waals surface area contributed by atoms with E-state index in [0.717, 1.165) is 34.1 Å². The van der Waals surface area contributed by atoms with Gasteiger partial charge >= 0.3 is 0 Å². The number of nitrogens with zero attached hydrogens (tertiary/aromatic N) is 4. The zero-order chi connectivity index (χ0) is 44.3. The first-order chi connectivity index (χ1) is 33.1. The predicted molar refractivity (Wildman–Crippen MR) is 288 cm³/mol. The molecule has 316 valence electrons.